The predicted octanol–water partition coefficient (Wildman–Crippen LogP) is 4.11. The zero-order valence-corrected chi connectivity index (χ0v) is 15.2. The van der Waals surface area contributed by atoms with Gasteiger partial charge in [-0.25, -0.2) is 4.39 Å². The molecule has 0 bridgehead atoms. The third-order valence-corrected chi connectivity index (χ3v) is 4.23. The molecule has 4 nitrogen and oxygen atoms in total. The van der Waals surface area contributed by atoms with Crippen LogP contribution in [0, 0.1) is 12.7 Å². The maximum Gasteiger partial charge on any atom is 0.253 e. The Labute approximate surface area is 158 Å². The third kappa shape index (κ3) is 5.64. The van der Waals surface area contributed by atoms with Crippen molar-refractivity contribution in [2.75, 3.05) is 11.9 Å². The van der Waals surface area contributed by atoms with E-state index in [-0.39, 0.29) is 11.7 Å². The summed E-state index contributed by atoms with van der Waals surface area (Å²) in [7, 11) is 0. The summed E-state index contributed by atoms with van der Waals surface area (Å²) in [5, 5.41) is 6.15. The first-order chi connectivity index (χ1) is 13.1. The van der Waals surface area contributed by atoms with Gasteiger partial charge in [-0.3, -0.25) is 9.78 Å². The first-order valence-electron chi connectivity index (χ1n) is 8.87. The molecule has 0 saturated heterocycles. The molecule has 27 heavy (non-hydrogen) atoms. The molecular formula is C22H22FN3O. The molecular weight excluding hydrogens is 341 g/mol. The summed E-state index contributed by atoms with van der Waals surface area (Å²) in [5.41, 5.74) is 4.57. The minimum absolute atomic E-state index is 0.162. The molecule has 0 unspecified atom stereocenters. The molecule has 0 fully saturated rings. The van der Waals surface area contributed by atoms with Crippen molar-refractivity contribution in [3.05, 3.63) is 95.1 Å². The number of aromatic nitrogens is 1. The van der Waals surface area contributed by atoms with E-state index in [1.807, 2.05) is 31.2 Å². The highest BCUT2D eigenvalue weighted by Crippen LogP contribution is 2.10. The van der Waals surface area contributed by atoms with E-state index in [0.29, 0.717) is 18.7 Å². The number of pyridine rings is 1. The summed E-state index contributed by atoms with van der Waals surface area (Å²) in [6, 6.07) is 16.3. The Hall–Kier alpha value is -3.21. The van der Waals surface area contributed by atoms with Crippen molar-refractivity contribution in [2.45, 2.75) is 19.9 Å². The number of nitrogens with zero attached hydrogens (tertiary/aromatic N) is 1. The van der Waals surface area contributed by atoms with Gasteiger partial charge in [-0.05, 0) is 42.7 Å². The molecule has 2 N–H and O–H groups in total. The van der Waals surface area contributed by atoms with Crippen LogP contribution in [0.1, 0.15) is 27.0 Å². The van der Waals surface area contributed by atoms with Crippen LogP contribution in [-0.4, -0.2) is 17.4 Å². The van der Waals surface area contributed by atoms with Gasteiger partial charge in [-0.15, -0.1) is 0 Å². The first kappa shape index (κ1) is 18.6. The minimum atomic E-state index is -0.236. The number of amides is 1. The second kappa shape index (κ2) is 8.94. The second-order valence-corrected chi connectivity index (χ2v) is 6.43. The summed E-state index contributed by atoms with van der Waals surface area (Å²) in [4.78, 5) is 16.5. The lowest BCUT2D eigenvalue weighted by molar-refractivity contribution is 0.0950. The number of anilines is 1. The molecule has 0 aliphatic heterocycles. The molecule has 3 aromatic rings. The average Bonchev–Trinajstić information content (AvgIpc) is 2.69. The van der Waals surface area contributed by atoms with Crippen LogP contribution in [-0.2, 0) is 13.0 Å². The molecule has 0 aliphatic rings. The van der Waals surface area contributed by atoms with Gasteiger partial charge in [0.1, 0.15) is 5.82 Å². The van der Waals surface area contributed by atoms with Gasteiger partial charge in [-0.1, -0.05) is 42.0 Å². The van der Waals surface area contributed by atoms with Crippen LogP contribution in [0.2, 0.25) is 0 Å². The number of nitrogens with one attached hydrogen (secondary N) is 2. The maximum absolute atomic E-state index is 12.9. The van der Waals surface area contributed by atoms with Crippen molar-refractivity contribution in [3.8, 4) is 0 Å². The van der Waals surface area contributed by atoms with Crippen LogP contribution in [0.4, 0.5) is 10.1 Å². The smallest absolute Gasteiger partial charge is 0.253 e. The Balaban J connectivity index is 1.52. The molecule has 5 heteroatoms. The van der Waals surface area contributed by atoms with Crippen molar-refractivity contribution in [2.24, 2.45) is 0 Å². The number of aryl methyl sites for hydroxylation is 1. The molecule has 2 aromatic carbocycles. The van der Waals surface area contributed by atoms with Crippen molar-refractivity contribution in [1.82, 2.24) is 10.3 Å². The summed E-state index contributed by atoms with van der Waals surface area (Å²) in [6.45, 7) is 3.17. The quantitative estimate of drug-likeness (QED) is 0.664. The second-order valence-electron chi connectivity index (χ2n) is 6.43. The normalized spacial score (nSPS) is 10.4. The Kier molecular flexibility index (Phi) is 6.15. The molecule has 0 spiro atoms. The lowest BCUT2D eigenvalue weighted by Crippen LogP contribution is -2.23. The van der Waals surface area contributed by atoms with E-state index in [0.717, 1.165) is 23.2 Å². The molecule has 1 amide bonds. The summed E-state index contributed by atoms with van der Waals surface area (Å²) < 4.78 is 12.9. The predicted molar refractivity (Wildman–Crippen MR) is 105 cm³/mol. The van der Waals surface area contributed by atoms with Gasteiger partial charge in [-0.2, -0.15) is 0 Å². The first-order valence-corrected chi connectivity index (χ1v) is 8.87. The van der Waals surface area contributed by atoms with E-state index in [1.54, 1.807) is 30.6 Å². The highest BCUT2D eigenvalue weighted by atomic mass is 19.1. The Morgan fingerprint density at radius 1 is 1.00 bits per heavy atom. The van der Waals surface area contributed by atoms with Gasteiger partial charge in [0, 0.05) is 25.5 Å². The number of benzene rings is 2. The number of carbonyl (C=O) groups excluding carboxylic acids is 1. The van der Waals surface area contributed by atoms with E-state index in [1.165, 1.54) is 17.7 Å². The van der Waals surface area contributed by atoms with Crippen LogP contribution in [0.3, 0.4) is 0 Å². The van der Waals surface area contributed by atoms with Gasteiger partial charge in [0.25, 0.3) is 5.91 Å². The Morgan fingerprint density at radius 2 is 1.70 bits per heavy atom. The van der Waals surface area contributed by atoms with Gasteiger partial charge in [0.05, 0.1) is 11.3 Å². The van der Waals surface area contributed by atoms with Crippen LogP contribution in [0.25, 0.3) is 0 Å². The standard InChI is InChI=1S/C22H22FN3O/c1-16-2-4-18(5-3-16)13-26-22(27)19-12-21(15-24-14-19)25-11-10-17-6-8-20(23)9-7-17/h2-9,12,14-15,25H,10-11,13H2,1H3,(H,26,27). The lowest BCUT2D eigenvalue weighted by Gasteiger charge is -2.09. The highest BCUT2D eigenvalue weighted by Gasteiger charge is 2.07. The minimum Gasteiger partial charge on any atom is -0.383 e. The number of hydrogen-bond acceptors (Lipinski definition) is 3. The molecule has 3 rings (SSSR count). The van der Waals surface area contributed by atoms with E-state index >= 15 is 0 Å². The molecule has 0 radical (unpaired) electrons. The number of carbonyl (C=O) groups is 1. The van der Waals surface area contributed by atoms with Gasteiger partial charge in [0.2, 0.25) is 0 Å². The number of hydrogen-bond donors (Lipinski definition) is 2. The fourth-order valence-corrected chi connectivity index (χ4v) is 2.65. The number of halogens is 1. The van der Waals surface area contributed by atoms with Gasteiger partial charge < -0.3 is 10.6 Å². The number of rotatable bonds is 7. The van der Waals surface area contributed by atoms with Crippen molar-refractivity contribution in [1.29, 1.82) is 0 Å². The molecule has 0 atom stereocenters. The van der Waals surface area contributed by atoms with Gasteiger partial charge in [0.15, 0.2) is 0 Å². The SMILES string of the molecule is Cc1ccc(CNC(=O)c2cncc(NCCc3ccc(F)cc3)c2)cc1. The van der Waals surface area contributed by atoms with E-state index < -0.39 is 0 Å². The zero-order chi connectivity index (χ0) is 19.1. The highest BCUT2D eigenvalue weighted by molar-refractivity contribution is 5.94. The van der Waals surface area contributed by atoms with Gasteiger partial charge >= 0.3 is 0 Å². The largest absolute Gasteiger partial charge is 0.383 e. The fraction of sp³-hybridized carbons (Fsp3) is 0.182. The van der Waals surface area contributed by atoms with E-state index in [9.17, 15) is 9.18 Å². The van der Waals surface area contributed by atoms with Crippen molar-refractivity contribution in [3.63, 3.8) is 0 Å². The monoisotopic (exact) mass is 363 g/mol. The molecule has 138 valence electrons. The third-order valence-electron chi connectivity index (χ3n) is 4.23. The molecule has 0 saturated carbocycles. The summed E-state index contributed by atoms with van der Waals surface area (Å²) in [5.74, 6) is -0.398. The molecule has 1 aromatic heterocycles. The van der Waals surface area contributed by atoms with E-state index in [2.05, 4.69) is 15.6 Å². The van der Waals surface area contributed by atoms with Crippen LogP contribution in [0.15, 0.2) is 67.0 Å². The van der Waals surface area contributed by atoms with Crippen LogP contribution < -0.4 is 10.6 Å². The molecule has 1 heterocycles. The zero-order valence-electron chi connectivity index (χ0n) is 15.2. The van der Waals surface area contributed by atoms with Crippen LogP contribution >= 0.6 is 0 Å². The van der Waals surface area contributed by atoms with E-state index in [4.69, 9.17) is 0 Å². The molecule has 0 aliphatic carbocycles. The lowest BCUT2D eigenvalue weighted by atomic mass is 10.1. The van der Waals surface area contributed by atoms with Crippen molar-refractivity contribution < 1.29 is 9.18 Å². The fourth-order valence-electron chi connectivity index (χ4n) is 2.65. The maximum atomic E-state index is 12.9. The van der Waals surface area contributed by atoms with Crippen LogP contribution in [0.5, 0.6) is 0 Å². The average molecular weight is 363 g/mol. The Morgan fingerprint density at radius 3 is 2.44 bits per heavy atom. The summed E-state index contributed by atoms with van der Waals surface area (Å²) >= 11 is 0. The Bertz CT molecular complexity index is 892. The topological polar surface area (TPSA) is 54.0 Å². The summed E-state index contributed by atoms with van der Waals surface area (Å²) in [6.07, 6.45) is 3.99. The van der Waals surface area contributed by atoms with Crippen molar-refractivity contribution >= 4 is 11.6 Å².